The predicted molar refractivity (Wildman–Crippen MR) is 137 cm³/mol. The highest BCUT2D eigenvalue weighted by Crippen LogP contribution is 2.50. The Kier molecular flexibility index (Phi) is 6.95. The zero-order valence-electron chi connectivity index (χ0n) is 19.9. The minimum absolute atomic E-state index is 0.0610. The fourth-order valence-corrected chi connectivity index (χ4v) is 6.98. The lowest BCUT2D eigenvalue weighted by Gasteiger charge is -2.41. The Morgan fingerprint density at radius 3 is 2.31 bits per heavy atom. The molecule has 35 heavy (non-hydrogen) atoms. The van der Waals surface area contributed by atoms with Crippen LogP contribution < -0.4 is 4.72 Å². The van der Waals surface area contributed by atoms with Crippen LogP contribution in [0.25, 0.3) is 0 Å². The molecule has 2 aliphatic rings. The van der Waals surface area contributed by atoms with Crippen LogP contribution in [-0.2, 0) is 24.6 Å². The van der Waals surface area contributed by atoms with E-state index in [1.807, 2.05) is 4.90 Å². The Bertz CT molecular complexity index is 1340. The first kappa shape index (κ1) is 25.9. The molecule has 2 fully saturated rings. The number of methoxy groups -OCH3 is 1. The number of likely N-dealkylation sites (tertiary alicyclic amines) is 1. The number of hydrogen-bond donors (Lipinski definition) is 2. The van der Waals surface area contributed by atoms with Crippen molar-refractivity contribution in [3.63, 3.8) is 0 Å². The average Bonchev–Trinajstić information content (AvgIpc) is 3.57. The van der Waals surface area contributed by atoms with E-state index in [1.165, 1.54) is 24.3 Å². The summed E-state index contributed by atoms with van der Waals surface area (Å²) in [6, 6.07) is 9.95. The second-order valence-electron chi connectivity index (χ2n) is 9.41. The molecule has 1 unspecified atom stereocenters. The van der Waals surface area contributed by atoms with E-state index in [2.05, 4.69) is 4.72 Å². The van der Waals surface area contributed by atoms with Crippen molar-refractivity contribution in [2.75, 3.05) is 18.4 Å². The van der Waals surface area contributed by atoms with E-state index in [0.29, 0.717) is 12.1 Å². The van der Waals surface area contributed by atoms with Gasteiger partial charge < -0.3 is 9.64 Å². The molecule has 1 heterocycles. The van der Waals surface area contributed by atoms with Crippen LogP contribution in [0.2, 0.25) is 5.02 Å². The van der Waals surface area contributed by atoms with Gasteiger partial charge in [-0.25, -0.2) is 16.8 Å². The van der Waals surface area contributed by atoms with Gasteiger partial charge in [0, 0.05) is 19.2 Å². The number of anilines is 1. The van der Waals surface area contributed by atoms with E-state index >= 15 is 0 Å². The lowest BCUT2D eigenvalue weighted by molar-refractivity contribution is 0.0270. The number of nitrogens with one attached hydrogen (secondary N) is 2. The maximum Gasteiger partial charge on any atom is 0.261 e. The van der Waals surface area contributed by atoms with Gasteiger partial charge in [-0.1, -0.05) is 17.7 Å². The van der Waals surface area contributed by atoms with Gasteiger partial charge in [-0.15, -0.1) is 0 Å². The Morgan fingerprint density at radius 2 is 1.74 bits per heavy atom. The van der Waals surface area contributed by atoms with Crippen molar-refractivity contribution >= 4 is 43.0 Å². The first-order valence-electron chi connectivity index (χ1n) is 11.5. The predicted octanol–water partition coefficient (Wildman–Crippen LogP) is 4.29. The minimum atomic E-state index is -4.06. The third-order valence-electron chi connectivity index (χ3n) is 6.86. The van der Waals surface area contributed by atoms with Gasteiger partial charge in [-0.05, 0) is 75.9 Å². The van der Waals surface area contributed by atoms with Crippen LogP contribution in [0.1, 0.15) is 45.1 Å². The molecule has 0 bridgehead atoms. The van der Waals surface area contributed by atoms with Crippen molar-refractivity contribution in [3.05, 3.63) is 53.1 Å². The second-order valence-corrected chi connectivity index (χ2v) is 14.0. The summed E-state index contributed by atoms with van der Waals surface area (Å²) >= 11 is 6.49. The molecule has 190 valence electrons. The van der Waals surface area contributed by atoms with E-state index in [-0.39, 0.29) is 38.0 Å². The summed E-state index contributed by atoms with van der Waals surface area (Å²) in [5, 5.41) is 8.63. The van der Waals surface area contributed by atoms with Gasteiger partial charge in [0.25, 0.3) is 10.0 Å². The number of benzene rings is 2. The average molecular weight is 540 g/mol. The summed E-state index contributed by atoms with van der Waals surface area (Å²) in [5.74, 6) is 0.179. The molecule has 1 atom stereocenters. The zero-order chi connectivity index (χ0) is 25.6. The van der Waals surface area contributed by atoms with E-state index in [9.17, 15) is 16.8 Å². The second kappa shape index (κ2) is 9.38. The summed E-state index contributed by atoms with van der Waals surface area (Å²) in [6.07, 6.45) is 3.65. The summed E-state index contributed by atoms with van der Waals surface area (Å²) < 4.78 is 59.2. The number of halogens is 1. The van der Waals surface area contributed by atoms with Crippen molar-refractivity contribution in [1.29, 1.82) is 5.41 Å². The van der Waals surface area contributed by atoms with Crippen LogP contribution in [0.15, 0.2) is 52.3 Å². The molecule has 11 heteroatoms. The largest absolute Gasteiger partial charge is 0.381 e. The molecule has 2 aromatic carbocycles. The molecule has 2 N–H and O–H groups in total. The van der Waals surface area contributed by atoms with Gasteiger partial charge in [0.1, 0.15) is 5.84 Å². The minimum Gasteiger partial charge on any atom is -0.381 e. The Hall–Kier alpha value is -2.14. The summed E-state index contributed by atoms with van der Waals surface area (Å²) in [5.41, 5.74) is 0.369. The lowest BCUT2D eigenvalue weighted by Crippen LogP contribution is -2.50. The molecular formula is C24H30ClN3O5S2. The van der Waals surface area contributed by atoms with Crippen LogP contribution in [0.5, 0.6) is 0 Å². The third kappa shape index (κ3) is 4.94. The summed E-state index contributed by atoms with van der Waals surface area (Å²) in [7, 11) is -5.88. The summed E-state index contributed by atoms with van der Waals surface area (Å²) in [4.78, 5) is 2.00. The Morgan fingerprint density at radius 1 is 1.11 bits per heavy atom. The fraction of sp³-hybridized carbons (Fsp3) is 0.458. The van der Waals surface area contributed by atoms with Crippen LogP contribution in [-0.4, -0.2) is 58.1 Å². The van der Waals surface area contributed by atoms with Gasteiger partial charge in [-0.3, -0.25) is 10.1 Å². The number of nitrogens with zero attached hydrogens (tertiary/aromatic N) is 1. The lowest BCUT2D eigenvalue weighted by atomic mass is 9.95. The molecule has 0 radical (unpaired) electrons. The fourth-order valence-electron chi connectivity index (χ4n) is 4.58. The van der Waals surface area contributed by atoms with E-state index in [0.717, 1.165) is 25.7 Å². The van der Waals surface area contributed by atoms with Gasteiger partial charge in [0.2, 0.25) is 0 Å². The number of piperidine rings is 1. The maximum absolute atomic E-state index is 13.2. The number of rotatable bonds is 7. The molecule has 1 saturated heterocycles. The highest BCUT2D eigenvalue weighted by molar-refractivity contribution is 7.93. The molecule has 1 spiro atoms. The van der Waals surface area contributed by atoms with Crippen molar-refractivity contribution in [2.45, 2.75) is 66.2 Å². The SMILES string of the molecule is COC1CCN(C(=N)c2c(Cl)cccc2NS(=O)(=O)c2ccc(S(=O)(=O)C(C)C)cc2)C2(CC2)C1. The normalized spacial score (nSPS) is 19.7. The van der Waals surface area contributed by atoms with Gasteiger partial charge >= 0.3 is 0 Å². The van der Waals surface area contributed by atoms with Crippen molar-refractivity contribution < 1.29 is 21.6 Å². The molecule has 1 aliphatic heterocycles. The standard InChI is InChI=1S/C24H30ClN3O5S2/c1-16(2)34(29,30)18-7-9-19(10-8-18)35(31,32)27-21-6-4-5-20(25)22(21)23(26)28-14-11-17(33-3)15-24(28)12-13-24/h4-10,16-17,26-27H,11-15H2,1-3H3. The Labute approximate surface area is 212 Å². The van der Waals surface area contributed by atoms with Crippen LogP contribution in [0.4, 0.5) is 5.69 Å². The molecular weight excluding hydrogens is 510 g/mol. The highest BCUT2D eigenvalue weighted by Gasteiger charge is 2.53. The molecule has 1 aliphatic carbocycles. The maximum atomic E-state index is 13.2. The van der Waals surface area contributed by atoms with Crippen LogP contribution in [0.3, 0.4) is 0 Å². The molecule has 8 nitrogen and oxygen atoms in total. The van der Waals surface area contributed by atoms with Gasteiger partial charge in [-0.2, -0.15) is 0 Å². The number of hydrogen-bond acceptors (Lipinski definition) is 6. The molecule has 4 rings (SSSR count). The quantitative estimate of drug-likeness (QED) is 0.400. The number of sulfonamides is 1. The van der Waals surface area contributed by atoms with Crippen molar-refractivity contribution in [1.82, 2.24) is 4.90 Å². The number of sulfone groups is 1. The van der Waals surface area contributed by atoms with E-state index < -0.39 is 25.1 Å². The van der Waals surface area contributed by atoms with Crippen LogP contribution >= 0.6 is 11.6 Å². The molecule has 1 saturated carbocycles. The zero-order valence-corrected chi connectivity index (χ0v) is 22.3. The Balaban J connectivity index is 1.63. The number of ether oxygens (including phenoxy) is 1. The smallest absolute Gasteiger partial charge is 0.261 e. The van der Waals surface area contributed by atoms with Crippen molar-refractivity contribution in [3.8, 4) is 0 Å². The molecule has 2 aromatic rings. The van der Waals surface area contributed by atoms with Gasteiger partial charge in [0.15, 0.2) is 9.84 Å². The first-order valence-corrected chi connectivity index (χ1v) is 14.9. The third-order valence-corrected chi connectivity index (χ3v) is 10.7. The molecule has 0 aromatic heterocycles. The van der Waals surface area contributed by atoms with Gasteiger partial charge in [0.05, 0.1) is 37.4 Å². The molecule has 0 amide bonds. The summed E-state index contributed by atoms with van der Waals surface area (Å²) in [6.45, 7) is 3.77. The number of amidine groups is 1. The highest BCUT2D eigenvalue weighted by atomic mass is 35.5. The topological polar surface area (TPSA) is 117 Å². The monoisotopic (exact) mass is 539 g/mol. The first-order chi connectivity index (χ1) is 16.4. The van der Waals surface area contributed by atoms with E-state index in [1.54, 1.807) is 39.2 Å². The van der Waals surface area contributed by atoms with E-state index in [4.69, 9.17) is 21.7 Å². The van der Waals surface area contributed by atoms with Crippen LogP contribution in [0, 0.1) is 5.41 Å². The van der Waals surface area contributed by atoms with Crippen molar-refractivity contribution in [2.24, 2.45) is 0 Å².